The zero-order valence-electron chi connectivity index (χ0n) is 12.3. The van der Waals surface area contributed by atoms with E-state index in [4.69, 9.17) is 4.74 Å². The summed E-state index contributed by atoms with van der Waals surface area (Å²) in [6.45, 7) is 1.92. The van der Waals surface area contributed by atoms with Gasteiger partial charge in [-0.2, -0.15) is 0 Å². The molecule has 1 aromatic rings. The number of hydrogen-bond acceptors (Lipinski definition) is 4. The summed E-state index contributed by atoms with van der Waals surface area (Å²) in [5.74, 6) is -0.432. The van der Waals surface area contributed by atoms with Crippen molar-refractivity contribution in [1.82, 2.24) is 15.5 Å². The summed E-state index contributed by atoms with van der Waals surface area (Å²) in [6.07, 6.45) is 0. The maximum atomic E-state index is 11.9. The van der Waals surface area contributed by atoms with Gasteiger partial charge in [-0.05, 0) is 18.2 Å². The number of urea groups is 1. The molecule has 0 aliphatic rings. The molecule has 3 amide bonds. The summed E-state index contributed by atoms with van der Waals surface area (Å²) in [4.78, 5) is 35.4. The molecule has 0 saturated heterocycles. The van der Waals surface area contributed by atoms with Crippen molar-refractivity contribution in [3.63, 3.8) is 0 Å². The van der Waals surface area contributed by atoms with Crippen LogP contribution in [-0.4, -0.2) is 50.0 Å². The van der Waals surface area contributed by atoms with E-state index in [1.165, 1.54) is 17.9 Å². The summed E-state index contributed by atoms with van der Waals surface area (Å²) in [6, 6.07) is 6.09. The van der Waals surface area contributed by atoms with Gasteiger partial charge in [0.2, 0.25) is 0 Å². The van der Waals surface area contributed by atoms with Crippen molar-refractivity contribution in [3.05, 3.63) is 29.8 Å². The van der Waals surface area contributed by atoms with E-state index in [-0.39, 0.29) is 11.9 Å². The lowest BCUT2D eigenvalue weighted by Gasteiger charge is -2.12. The van der Waals surface area contributed by atoms with Crippen molar-refractivity contribution in [3.8, 4) is 5.75 Å². The predicted octanol–water partition coefficient (Wildman–Crippen LogP) is 0.613. The van der Waals surface area contributed by atoms with Crippen molar-refractivity contribution in [2.24, 2.45) is 0 Å². The minimum absolute atomic E-state index is 0.221. The first-order chi connectivity index (χ1) is 9.90. The van der Waals surface area contributed by atoms with Crippen LogP contribution in [0.15, 0.2) is 24.3 Å². The van der Waals surface area contributed by atoms with Gasteiger partial charge in [0.1, 0.15) is 5.75 Å². The standard InChI is InChI=1S/C14H19N3O4/c1-10(18)21-12-6-4-5-11(9-12)13(19)15-7-8-16-14(20)17(2)3/h4-6,9H,7-8H2,1-3H3,(H,15,19)(H,16,20). The van der Waals surface area contributed by atoms with Gasteiger partial charge >= 0.3 is 12.0 Å². The fourth-order valence-corrected chi connectivity index (χ4v) is 1.47. The Balaban J connectivity index is 2.45. The van der Waals surface area contributed by atoms with Gasteiger partial charge in [0.05, 0.1) is 0 Å². The van der Waals surface area contributed by atoms with Crippen LogP contribution in [0.4, 0.5) is 4.79 Å². The molecule has 0 aromatic heterocycles. The van der Waals surface area contributed by atoms with E-state index in [0.717, 1.165) is 0 Å². The van der Waals surface area contributed by atoms with Crippen molar-refractivity contribution in [1.29, 1.82) is 0 Å². The molecule has 7 heteroatoms. The van der Waals surface area contributed by atoms with Crippen LogP contribution in [0.5, 0.6) is 5.75 Å². The maximum absolute atomic E-state index is 11.9. The molecule has 0 radical (unpaired) electrons. The van der Waals surface area contributed by atoms with Gasteiger partial charge in [0.25, 0.3) is 5.91 Å². The highest BCUT2D eigenvalue weighted by Gasteiger charge is 2.08. The number of hydrogen-bond donors (Lipinski definition) is 2. The third-order valence-electron chi connectivity index (χ3n) is 2.45. The molecule has 114 valence electrons. The van der Waals surface area contributed by atoms with Gasteiger partial charge in [-0.25, -0.2) is 4.79 Å². The van der Waals surface area contributed by atoms with Gasteiger partial charge in [0, 0.05) is 39.7 Å². The van der Waals surface area contributed by atoms with E-state index < -0.39 is 5.97 Å². The van der Waals surface area contributed by atoms with Gasteiger partial charge in [0.15, 0.2) is 0 Å². The molecule has 0 heterocycles. The molecule has 0 aliphatic heterocycles. The van der Waals surface area contributed by atoms with E-state index in [2.05, 4.69) is 10.6 Å². The number of nitrogens with zero attached hydrogens (tertiary/aromatic N) is 1. The minimum Gasteiger partial charge on any atom is -0.427 e. The highest BCUT2D eigenvalue weighted by molar-refractivity contribution is 5.94. The van der Waals surface area contributed by atoms with Crippen LogP contribution in [0.1, 0.15) is 17.3 Å². The van der Waals surface area contributed by atoms with E-state index >= 15 is 0 Å². The van der Waals surface area contributed by atoms with Crippen LogP contribution in [0.3, 0.4) is 0 Å². The molecule has 0 bridgehead atoms. The normalized spacial score (nSPS) is 9.67. The fraction of sp³-hybridized carbons (Fsp3) is 0.357. The molecule has 1 aromatic carbocycles. The third kappa shape index (κ3) is 5.94. The average molecular weight is 293 g/mol. The zero-order chi connectivity index (χ0) is 15.8. The predicted molar refractivity (Wildman–Crippen MR) is 77.2 cm³/mol. The Morgan fingerprint density at radius 2 is 1.81 bits per heavy atom. The summed E-state index contributed by atoms with van der Waals surface area (Å²) in [5.41, 5.74) is 0.382. The Labute approximate surface area is 123 Å². The first kappa shape index (κ1) is 16.5. The van der Waals surface area contributed by atoms with E-state index in [9.17, 15) is 14.4 Å². The second-order valence-electron chi connectivity index (χ2n) is 4.50. The molecule has 1 rings (SSSR count). The van der Waals surface area contributed by atoms with Gasteiger partial charge in [-0.1, -0.05) is 6.07 Å². The topological polar surface area (TPSA) is 87.7 Å². The number of benzene rings is 1. The molecule has 21 heavy (non-hydrogen) atoms. The Morgan fingerprint density at radius 3 is 2.43 bits per heavy atom. The summed E-state index contributed by atoms with van der Waals surface area (Å²) in [5, 5.41) is 5.29. The average Bonchev–Trinajstić information content (AvgIpc) is 2.42. The van der Waals surface area contributed by atoms with Crippen LogP contribution in [0.25, 0.3) is 0 Å². The Bertz CT molecular complexity index is 529. The lowest BCUT2D eigenvalue weighted by Crippen LogP contribution is -2.39. The SMILES string of the molecule is CC(=O)Oc1cccc(C(=O)NCCNC(=O)N(C)C)c1. The lowest BCUT2D eigenvalue weighted by atomic mass is 10.2. The van der Waals surface area contributed by atoms with E-state index in [0.29, 0.717) is 24.4 Å². The Kier molecular flexibility index (Phi) is 6.19. The van der Waals surface area contributed by atoms with Crippen LogP contribution in [0.2, 0.25) is 0 Å². The molecule has 0 spiro atoms. The van der Waals surface area contributed by atoms with Crippen LogP contribution < -0.4 is 15.4 Å². The first-order valence-corrected chi connectivity index (χ1v) is 6.42. The van der Waals surface area contributed by atoms with Crippen molar-refractivity contribution in [2.45, 2.75) is 6.92 Å². The molecule has 7 nitrogen and oxygen atoms in total. The van der Waals surface area contributed by atoms with E-state index in [1.807, 2.05) is 0 Å². The van der Waals surface area contributed by atoms with Gasteiger partial charge < -0.3 is 20.3 Å². The zero-order valence-corrected chi connectivity index (χ0v) is 12.3. The number of rotatable bonds is 5. The minimum atomic E-state index is -0.445. The van der Waals surface area contributed by atoms with Gasteiger partial charge in [-0.15, -0.1) is 0 Å². The molecule has 2 N–H and O–H groups in total. The molecular formula is C14H19N3O4. The smallest absolute Gasteiger partial charge is 0.316 e. The monoisotopic (exact) mass is 293 g/mol. The summed E-state index contributed by atoms with van der Waals surface area (Å²) >= 11 is 0. The summed E-state index contributed by atoms with van der Waals surface area (Å²) < 4.78 is 4.91. The maximum Gasteiger partial charge on any atom is 0.316 e. The molecular weight excluding hydrogens is 274 g/mol. The molecule has 0 atom stereocenters. The highest BCUT2D eigenvalue weighted by Crippen LogP contribution is 2.13. The second-order valence-corrected chi connectivity index (χ2v) is 4.50. The number of carbonyl (C=O) groups excluding carboxylic acids is 3. The molecule has 0 fully saturated rings. The third-order valence-corrected chi connectivity index (χ3v) is 2.45. The van der Waals surface area contributed by atoms with Crippen molar-refractivity contribution in [2.75, 3.05) is 27.2 Å². The molecule has 0 unspecified atom stereocenters. The van der Waals surface area contributed by atoms with Crippen LogP contribution in [-0.2, 0) is 4.79 Å². The van der Waals surface area contributed by atoms with Crippen molar-refractivity contribution < 1.29 is 19.1 Å². The van der Waals surface area contributed by atoms with Crippen molar-refractivity contribution >= 4 is 17.9 Å². The molecule has 0 aliphatic carbocycles. The first-order valence-electron chi connectivity index (χ1n) is 6.42. The largest absolute Gasteiger partial charge is 0.427 e. The number of carbonyl (C=O) groups is 3. The van der Waals surface area contributed by atoms with Gasteiger partial charge in [-0.3, -0.25) is 9.59 Å². The highest BCUT2D eigenvalue weighted by atomic mass is 16.5. The number of ether oxygens (including phenoxy) is 1. The number of amides is 3. The van der Waals surface area contributed by atoms with E-state index in [1.54, 1.807) is 32.3 Å². The number of esters is 1. The second kappa shape index (κ2) is 7.88. The Morgan fingerprint density at radius 1 is 1.14 bits per heavy atom. The molecule has 0 saturated carbocycles. The van der Waals surface area contributed by atoms with Crippen LogP contribution in [0, 0.1) is 0 Å². The van der Waals surface area contributed by atoms with Crippen LogP contribution >= 0.6 is 0 Å². The Hall–Kier alpha value is -2.57. The summed E-state index contributed by atoms with van der Waals surface area (Å²) in [7, 11) is 3.27. The fourth-order valence-electron chi connectivity index (χ4n) is 1.47. The quantitative estimate of drug-likeness (QED) is 0.473. The lowest BCUT2D eigenvalue weighted by molar-refractivity contribution is -0.131. The number of nitrogens with one attached hydrogen (secondary N) is 2.